The molecular formula is C18H20BrN7O. The van der Waals surface area contributed by atoms with Gasteiger partial charge in [0.25, 0.3) is 5.91 Å². The molecule has 3 fully saturated rings. The van der Waals surface area contributed by atoms with Gasteiger partial charge < -0.3 is 15.5 Å². The number of piperidine rings is 2. The molecule has 6 rings (SSSR count). The number of anilines is 2. The SMILES string of the molecule is Cn1cc(NC(=O)c2ccc3ccc(N4C[C@H]5CC[C@@H]4CN5)nn23)c(Br)n1. The van der Waals surface area contributed by atoms with Crippen molar-refractivity contribution < 1.29 is 4.79 Å². The number of hydrogen-bond acceptors (Lipinski definition) is 5. The maximum absolute atomic E-state index is 12.8. The first kappa shape index (κ1) is 16.8. The molecule has 2 atom stereocenters. The zero-order valence-corrected chi connectivity index (χ0v) is 16.5. The molecule has 9 heteroatoms. The van der Waals surface area contributed by atoms with Gasteiger partial charge in [-0.2, -0.15) is 5.10 Å². The van der Waals surface area contributed by atoms with Crippen molar-refractivity contribution in [1.82, 2.24) is 24.7 Å². The summed E-state index contributed by atoms with van der Waals surface area (Å²) >= 11 is 3.36. The molecule has 1 amide bonds. The Hall–Kier alpha value is -2.39. The first-order valence-corrected chi connectivity index (χ1v) is 9.87. The third kappa shape index (κ3) is 2.90. The van der Waals surface area contributed by atoms with E-state index in [2.05, 4.69) is 42.6 Å². The number of nitrogens with zero attached hydrogens (tertiary/aromatic N) is 5. The van der Waals surface area contributed by atoms with E-state index in [4.69, 9.17) is 5.10 Å². The van der Waals surface area contributed by atoms with E-state index in [1.54, 1.807) is 21.5 Å². The maximum Gasteiger partial charge on any atom is 0.274 e. The summed E-state index contributed by atoms with van der Waals surface area (Å²) in [6.45, 7) is 1.97. The number of carbonyl (C=O) groups excluding carboxylic acids is 1. The molecule has 3 aromatic heterocycles. The number of hydrogen-bond donors (Lipinski definition) is 2. The normalized spacial score (nSPS) is 21.8. The van der Waals surface area contributed by atoms with Gasteiger partial charge in [0.1, 0.15) is 11.5 Å². The molecule has 6 heterocycles. The summed E-state index contributed by atoms with van der Waals surface area (Å²) in [7, 11) is 1.81. The first-order chi connectivity index (χ1) is 13.1. The van der Waals surface area contributed by atoms with Crippen LogP contribution < -0.4 is 15.5 Å². The molecule has 0 unspecified atom stereocenters. The predicted molar refractivity (Wildman–Crippen MR) is 106 cm³/mol. The second-order valence-corrected chi connectivity index (χ2v) is 7.95. The van der Waals surface area contributed by atoms with Gasteiger partial charge in [0.05, 0.1) is 11.2 Å². The number of amides is 1. The average molecular weight is 430 g/mol. The molecule has 3 aliphatic heterocycles. The van der Waals surface area contributed by atoms with Crippen LogP contribution in [0.2, 0.25) is 0 Å². The first-order valence-electron chi connectivity index (χ1n) is 9.08. The Morgan fingerprint density at radius 2 is 2.11 bits per heavy atom. The van der Waals surface area contributed by atoms with Gasteiger partial charge in [-0.15, -0.1) is 5.10 Å². The Bertz CT molecular complexity index is 1020. The van der Waals surface area contributed by atoms with Crippen molar-refractivity contribution in [2.24, 2.45) is 7.05 Å². The number of aryl methyl sites for hydroxylation is 1. The van der Waals surface area contributed by atoms with E-state index < -0.39 is 0 Å². The molecule has 0 aliphatic carbocycles. The number of halogens is 1. The van der Waals surface area contributed by atoms with Crippen LogP contribution in [-0.4, -0.2) is 50.5 Å². The minimum Gasteiger partial charge on any atom is -0.349 e. The topological polar surface area (TPSA) is 79.5 Å². The van der Waals surface area contributed by atoms with E-state index in [9.17, 15) is 4.79 Å². The number of piperazine rings is 1. The second-order valence-electron chi connectivity index (χ2n) is 7.20. The highest BCUT2D eigenvalue weighted by Gasteiger charge is 2.34. The van der Waals surface area contributed by atoms with Gasteiger partial charge in [0.2, 0.25) is 0 Å². The van der Waals surface area contributed by atoms with Crippen LogP contribution in [0.4, 0.5) is 11.5 Å². The molecule has 3 saturated heterocycles. The van der Waals surface area contributed by atoms with Crippen molar-refractivity contribution in [2.45, 2.75) is 24.9 Å². The van der Waals surface area contributed by atoms with Crippen molar-refractivity contribution in [2.75, 3.05) is 23.3 Å². The highest BCUT2D eigenvalue weighted by Crippen LogP contribution is 2.27. The van der Waals surface area contributed by atoms with Crippen molar-refractivity contribution in [3.05, 3.63) is 40.8 Å². The van der Waals surface area contributed by atoms with Crippen molar-refractivity contribution >= 4 is 38.9 Å². The summed E-state index contributed by atoms with van der Waals surface area (Å²) in [6.07, 6.45) is 4.17. The van der Waals surface area contributed by atoms with E-state index in [1.807, 2.05) is 19.2 Å². The molecular weight excluding hydrogens is 410 g/mol. The van der Waals surface area contributed by atoms with Gasteiger partial charge in [0, 0.05) is 38.4 Å². The highest BCUT2D eigenvalue weighted by atomic mass is 79.9. The van der Waals surface area contributed by atoms with Crippen LogP contribution >= 0.6 is 15.9 Å². The fourth-order valence-corrected chi connectivity index (χ4v) is 4.48. The Kier molecular flexibility index (Phi) is 3.94. The van der Waals surface area contributed by atoms with Crippen LogP contribution in [-0.2, 0) is 7.05 Å². The summed E-state index contributed by atoms with van der Waals surface area (Å²) in [5.74, 6) is 0.710. The lowest BCUT2D eigenvalue weighted by atomic mass is 9.93. The van der Waals surface area contributed by atoms with Crippen LogP contribution in [0, 0.1) is 0 Å². The Morgan fingerprint density at radius 1 is 1.26 bits per heavy atom. The van der Waals surface area contributed by atoms with Gasteiger partial charge in [-0.1, -0.05) is 0 Å². The fourth-order valence-electron chi connectivity index (χ4n) is 4.02. The zero-order valence-electron chi connectivity index (χ0n) is 14.9. The minimum absolute atomic E-state index is 0.213. The molecule has 0 spiro atoms. The molecule has 140 valence electrons. The van der Waals surface area contributed by atoms with Crippen LogP contribution in [0.1, 0.15) is 23.3 Å². The average Bonchev–Trinajstić information content (AvgIpc) is 3.24. The van der Waals surface area contributed by atoms with Gasteiger partial charge in [-0.3, -0.25) is 9.48 Å². The van der Waals surface area contributed by atoms with E-state index in [1.165, 1.54) is 12.8 Å². The van der Waals surface area contributed by atoms with Crippen molar-refractivity contribution in [3.63, 3.8) is 0 Å². The lowest BCUT2D eigenvalue weighted by Crippen LogP contribution is -2.61. The number of fused-ring (bicyclic) bond motifs is 4. The van der Waals surface area contributed by atoms with Crippen LogP contribution in [0.3, 0.4) is 0 Å². The molecule has 0 saturated carbocycles. The third-order valence-electron chi connectivity index (χ3n) is 5.40. The molecule has 2 N–H and O–H groups in total. The van der Waals surface area contributed by atoms with Crippen LogP contribution in [0.15, 0.2) is 35.1 Å². The van der Waals surface area contributed by atoms with E-state index in [0.29, 0.717) is 28.1 Å². The van der Waals surface area contributed by atoms with E-state index in [-0.39, 0.29) is 5.91 Å². The Labute approximate surface area is 164 Å². The number of carbonyl (C=O) groups is 1. The van der Waals surface area contributed by atoms with E-state index >= 15 is 0 Å². The minimum atomic E-state index is -0.213. The Balaban J connectivity index is 1.46. The van der Waals surface area contributed by atoms with Gasteiger partial charge >= 0.3 is 0 Å². The molecule has 3 aromatic rings. The summed E-state index contributed by atoms with van der Waals surface area (Å²) in [6, 6.07) is 8.79. The summed E-state index contributed by atoms with van der Waals surface area (Å²) < 4.78 is 3.97. The largest absolute Gasteiger partial charge is 0.349 e. The molecule has 3 aliphatic rings. The number of nitrogens with one attached hydrogen (secondary N) is 2. The third-order valence-corrected chi connectivity index (χ3v) is 5.98. The zero-order chi connectivity index (χ0) is 18.5. The lowest BCUT2D eigenvalue weighted by molar-refractivity contribution is 0.102. The number of rotatable bonds is 3. The second kappa shape index (κ2) is 6.35. The van der Waals surface area contributed by atoms with Crippen molar-refractivity contribution in [3.8, 4) is 0 Å². The monoisotopic (exact) mass is 429 g/mol. The molecule has 8 nitrogen and oxygen atoms in total. The predicted octanol–water partition coefficient (Wildman–Crippen LogP) is 2.02. The quantitative estimate of drug-likeness (QED) is 0.665. The number of aromatic nitrogens is 4. The van der Waals surface area contributed by atoms with Crippen molar-refractivity contribution in [1.29, 1.82) is 0 Å². The maximum atomic E-state index is 12.8. The standard InChI is InChI=1S/C18H20BrN7O/c1-24-10-14(17(19)23-24)21-18(27)15-6-4-12-5-7-16(22-26(12)15)25-9-11-2-3-13(25)8-20-11/h4-7,10-11,13,20H,2-3,8-9H2,1H3,(H,21,27)/t11-,13-/m1/s1. The molecule has 2 bridgehead atoms. The van der Waals surface area contributed by atoms with Gasteiger partial charge in [0.15, 0.2) is 4.60 Å². The smallest absolute Gasteiger partial charge is 0.274 e. The molecule has 0 aromatic carbocycles. The molecule has 27 heavy (non-hydrogen) atoms. The summed E-state index contributed by atoms with van der Waals surface area (Å²) in [4.78, 5) is 15.2. The lowest BCUT2D eigenvalue weighted by Gasteiger charge is -2.46. The van der Waals surface area contributed by atoms with Gasteiger partial charge in [-0.25, -0.2) is 4.52 Å². The van der Waals surface area contributed by atoms with Crippen LogP contribution in [0.5, 0.6) is 0 Å². The fraction of sp³-hybridized carbons (Fsp3) is 0.389. The summed E-state index contributed by atoms with van der Waals surface area (Å²) in [5, 5.41) is 15.4. The van der Waals surface area contributed by atoms with E-state index in [0.717, 1.165) is 24.4 Å². The summed E-state index contributed by atoms with van der Waals surface area (Å²) in [5.41, 5.74) is 2.03. The highest BCUT2D eigenvalue weighted by molar-refractivity contribution is 9.10. The Morgan fingerprint density at radius 3 is 2.78 bits per heavy atom. The van der Waals surface area contributed by atoms with Gasteiger partial charge in [-0.05, 0) is 53.0 Å². The van der Waals surface area contributed by atoms with Crippen LogP contribution in [0.25, 0.3) is 5.52 Å². The molecule has 0 radical (unpaired) electrons.